The Morgan fingerprint density at radius 1 is 1.15 bits per heavy atom. The van der Waals surface area contributed by atoms with Gasteiger partial charge in [-0.3, -0.25) is 0 Å². The summed E-state index contributed by atoms with van der Waals surface area (Å²) in [5.41, 5.74) is 6.35. The van der Waals surface area contributed by atoms with Crippen molar-refractivity contribution in [1.82, 2.24) is 14.5 Å². The van der Waals surface area contributed by atoms with Crippen molar-refractivity contribution in [2.75, 3.05) is 24.7 Å². The Balaban J connectivity index is 1.34. The number of aromatic nitrogens is 2. The van der Waals surface area contributed by atoms with Crippen LogP contribution in [0.5, 0.6) is 0 Å². The number of fused-ring (bicyclic) bond motifs is 2. The topological polar surface area (TPSA) is 76.8 Å². The normalized spacial score (nSPS) is 24.7. The van der Waals surface area contributed by atoms with Crippen LogP contribution in [-0.2, 0) is 21.1 Å². The molecule has 2 fully saturated rings. The third-order valence-corrected chi connectivity index (χ3v) is 14.5. The third kappa shape index (κ3) is 4.23. The molecule has 10 heteroatoms. The van der Waals surface area contributed by atoms with Crippen LogP contribution in [0.1, 0.15) is 34.8 Å². The summed E-state index contributed by atoms with van der Waals surface area (Å²) >= 11 is 0. The summed E-state index contributed by atoms with van der Waals surface area (Å²) in [5, 5.41) is 5.99. The quantitative estimate of drug-likeness (QED) is 0.433. The predicted octanol–water partition coefficient (Wildman–Crippen LogP) is 4.38. The van der Waals surface area contributed by atoms with E-state index in [0.717, 1.165) is 29.1 Å². The lowest BCUT2D eigenvalue weighted by atomic mass is 9.78. The number of rotatable bonds is 3. The number of sulfone groups is 1. The maximum absolute atomic E-state index is 13.7. The van der Waals surface area contributed by atoms with Crippen LogP contribution < -0.4 is 5.19 Å². The summed E-state index contributed by atoms with van der Waals surface area (Å²) < 4.78 is 40.7. The lowest BCUT2D eigenvalue weighted by Crippen LogP contribution is -2.61. The van der Waals surface area contributed by atoms with Gasteiger partial charge in [-0.25, -0.2) is 17.8 Å². The molecule has 0 saturated carbocycles. The molecule has 40 heavy (non-hydrogen) atoms. The van der Waals surface area contributed by atoms with Gasteiger partial charge in [0, 0.05) is 23.8 Å². The van der Waals surface area contributed by atoms with Crippen LogP contribution in [0.2, 0.25) is 19.1 Å². The summed E-state index contributed by atoms with van der Waals surface area (Å²) in [6.45, 7) is 7.80. The van der Waals surface area contributed by atoms with Crippen molar-refractivity contribution in [3.05, 3.63) is 82.7 Å². The first kappa shape index (κ1) is 25.7. The van der Waals surface area contributed by atoms with Crippen LogP contribution in [0.25, 0.3) is 11.8 Å². The molecule has 0 radical (unpaired) electrons. The van der Waals surface area contributed by atoms with Crippen molar-refractivity contribution in [3.8, 4) is 5.69 Å². The molecule has 2 aromatic carbocycles. The van der Waals surface area contributed by atoms with Gasteiger partial charge in [0.05, 0.1) is 37.6 Å². The largest absolute Gasteiger partial charge is 0.392 e. The van der Waals surface area contributed by atoms with Gasteiger partial charge in [-0.1, -0.05) is 36.4 Å². The molecule has 2 saturated heterocycles. The van der Waals surface area contributed by atoms with Crippen LogP contribution in [0.15, 0.2) is 59.7 Å². The van der Waals surface area contributed by atoms with Gasteiger partial charge in [0.2, 0.25) is 0 Å². The molecule has 1 spiro atoms. The number of hydrogen-bond acceptors (Lipinski definition) is 6. The van der Waals surface area contributed by atoms with E-state index >= 15 is 0 Å². The summed E-state index contributed by atoms with van der Waals surface area (Å²) in [4.78, 5) is 12.4. The molecule has 1 aromatic heterocycles. The maximum Gasteiger partial charge on any atom is 0.172 e. The SMILES string of the molecule is Cc1cn(-c2ccc(C=C3CC4(CN5C3=NOCC5c3ccc(F)cc3)CS(=O)(=O)C4)c3c2[Si](C)(C)CC3)cn1. The Morgan fingerprint density at radius 2 is 1.93 bits per heavy atom. The van der Waals surface area contributed by atoms with Crippen molar-refractivity contribution >= 4 is 35.0 Å². The van der Waals surface area contributed by atoms with Crippen LogP contribution in [0.4, 0.5) is 4.39 Å². The fraction of sp³-hybridized carbons (Fsp3) is 0.400. The molecular weight excluding hydrogens is 544 g/mol. The molecule has 0 bridgehead atoms. The first-order valence-electron chi connectivity index (χ1n) is 13.8. The van der Waals surface area contributed by atoms with Gasteiger partial charge in [0.25, 0.3) is 0 Å². The van der Waals surface area contributed by atoms with E-state index in [4.69, 9.17) is 4.84 Å². The molecular formula is C30H33FN4O3SSi. The highest BCUT2D eigenvalue weighted by Crippen LogP contribution is 2.47. The monoisotopic (exact) mass is 576 g/mol. The van der Waals surface area contributed by atoms with E-state index in [1.54, 1.807) is 12.1 Å². The van der Waals surface area contributed by atoms with E-state index < -0.39 is 17.9 Å². The van der Waals surface area contributed by atoms with Gasteiger partial charge in [-0.15, -0.1) is 0 Å². The lowest BCUT2D eigenvalue weighted by molar-refractivity contribution is 0.0392. The van der Waals surface area contributed by atoms with Crippen LogP contribution in [0, 0.1) is 18.2 Å². The zero-order valence-corrected chi connectivity index (χ0v) is 24.8. The number of amidine groups is 1. The second-order valence-electron chi connectivity index (χ2n) is 12.6. The van der Waals surface area contributed by atoms with Gasteiger partial charge in [-0.05, 0) is 77.5 Å². The molecule has 7 nitrogen and oxygen atoms in total. The second-order valence-corrected chi connectivity index (χ2v) is 19.5. The minimum atomic E-state index is -3.05. The number of hydrogen-bond donors (Lipinski definition) is 0. The zero-order chi connectivity index (χ0) is 27.9. The minimum absolute atomic E-state index is 0.166. The van der Waals surface area contributed by atoms with Gasteiger partial charge in [-0.2, -0.15) is 0 Å². The number of aryl methyl sites for hydroxylation is 1. The lowest BCUT2D eigenvalue weighted by Gasteiger charge is -2.52. The van der Waals surface area contributed by atoms with E-state index in [1.165, 1.54) is 40.2 Å². The van der Waals surface area contributed by atoms with E-state index in [9.17, 15) is 12.8 Å². The average molecular weight is 577 g/mol. The fourth-order valence-electron chi connectivity index (χ4n) is 7.28. The van der Waals surface area contributed by atoms with Crippen LogP contribution >= 0.6 is 0 Å². The van der Waals surface area contributed by atoms with Gasteiger partial charge in [0.1, 0.15) is 12.4 Å². The Morgan fingerprint density at radius 3 is 2.62 bits per heavy atom. The van der Waals surface area contributed by atoms with Crippen molar-refractivity contribution in [1.29, 1.82) is 0 Å². The van der Waals surface area contributed by atoms with E-state index in [0.29, 0.717) is 19.6 Å². The number of benzene rings is 2. The smallest absolute Gasteiger partial charge is 0.172 e. The second kappa shape index (κ2) is 8.88. The summed E-state index contributed by atoms with van der Waals surface area (Å²) in [6, 6.07) is 11.9. The minimum Gasteiger partial charge on any atom is -0.392 e. The van der Waals surface area contributed by atoms with Crippen molar-refractivity contribution in [2.24, 2.45) is 10.6 Å². The van der Waals surface area contributed by atoms with Crippen molar-refractivity contribution in [3.63, 3.8) is 0 Å². The number of piperidine rings is 1. The Labute approximate surface area is 235 Å². The molecule has 5 heterocycles. The molecule has 1 atom stereocenters. The summed E-state index contributed by atoms with van der Waals surface area (Å²) in [6.07, 6.45) is 7.87. The standard InChI is InChI=1S/C30H33FN4O3SSi/c1-20-14-34(19-32-20)26-9-6-22(25-10-11-40(2,3)28(25)26)12-23-13-30(17-39(36,37)18-30)16-35-27(15-38-33-29(23)35)21-4-7-24(31)8-5-21/h4-9,12,14,19,27H,10-11,13,15-18H2,1-3H3. The van der Waals surface area contributed by atoms with E-state index in [1.807, 2.05) is 13.3 Å². The van der Waals surface area contributed by atoms with Gasteiger partial charge < -0.3 is 14.3 Å². The van der Waals surface area contributed by atoms with Crippen LogP contribution in [-0.4, -0.2) is 61.4 Å². The Hall–Kier alpha value is -3.24. The number of halogens is 1. The highest BCUT2D eigenvalue weighted by Gasteiger charge is 2.54. The first-order chi connectivity index (χ1) is 19.0. The molecule has 7 rings (SSSR count). The fourth-order valence-corrected chi connectivity index (χ4v) is 12.6. The number of nitrogens with zero attached hydrogens (tertiary/aromatic N) is 4. The van der Waals surface area contributed by atoms with Gasteiger partial charge in [0.15, 0.2) is 15.7 Å². The van der Waals surface area contributed by atoms with Crippen molar-refractivity contribution < 1.29 is 17.6 Å². The van der Waals surface area contributed by atoms with Crippen molar-refractivity contribution in [2.45, 2.75) is 44.9 Å². The molecule has 1 unspecified atom stereocenters. The predicted molar refractivity (Wildman–Crippen MR) is 157 cm³/mol. The molecule has 0 aliphatic carbocycles. The number of oxime groups is 1. The molecule has 4 aliphatic heterocycles. The molecule has 0 amide bonds. The van der Waals surface area contributed by atoms with Crippen LogP contribution in [0.3, 0.4) is 0 Å². The van der Waals surface area contributed by atoms with Gasteiger partial charge >= 0.3 is 0 Å². The zero-order valence-electron chi connectivity index (χ0n) is 23.0. The molecule has 0 N–H and O–H groups in total. The summed E-state index contributed by atoms with van der Waals surface area (Å²) in [7, 11) is -4.71. The highest BCUT2D eigenvalue weighted by molar-refractivity contribution is 7.92. The highest BCUT2D eigenvalue weighted by atomic mass is 32.2. The molecule has 4 aliphatic rings. The molecule has 208 valence electrons. The number of imidazole rings is 1. The average Bonchev–Trinajstić information content (AvgIpc) is 3.46. The Kier molecular flexibility index (Phi) is 5.70. The molecule has 3 aromatic rings. The van der Waals surface area contributed by atoms with E-state index in [-0.39, 0.29) is 28.8 Å². The maximum atomic E-state index is 13.7. The van der Waals surface area contributed by atoms with E-state index in [2.05, 4.69) is 57.1 Å². The summed E-state index contributed by atoms with van der Waals surface area (Å²) in [5.74, 6) is 0.822. The first-order valence-corrected chi connectivity index (χ1v) is 18.9. The third-order valence-electron chi connectivity index (χ3n) is 9.02. The Bertz CT molecular complexity index is 1680.